The molecule has 11 heteroatoms. The van der Waals surface area contributed by atoms with Crippen LogP contribution in [0.5, 0.6) is 23.0 Å². The number of methoxy groups -OCH3 is 1. The third kappa shape index (κ3) is 6.74. The SMILES string of the molecule is CCOc1cc(/C=C2/N=C(SCC(=O)c3ccc(OC)cc3)N(c3ccc(OC(F)F)cc3)C2=O)ccc1O. The highest BCUT2D eigenvalue weighted by molar-refractivity contribution is 8.14. The number of amidine groups is 1. The van der Waals surface area contributed by atoms with Gasteiger partial charge in [-0.3, -0.25) is 14.5 Å². The van der Waals surface area contributed by atoms with Crippen molar-refractivity contribution in [3.63, 3.8) is 0 Å². The maximum absolute atomic E-state index is 13.4. The summed E-state index contributed by atoms with van der Waals surface area (Å²) >= 11 is 1.06. The molecule has 1 N–H and O–H groups in total. The van der Waals surface area contributed by atoms with Crippen LogP contribution in [-0.4, -0.2) is 48.0 Å². The molecule has 0 atom stereocenters. The standard InChI is InChI=1S/C28H24F2N2O6S/c1-3-37-25-15-17(4-13-23(25)33)14-22-26(35)32(19-7-11-21(12-8-19)38-27(29)30)28(31-22)39-16-24(34)18-5-9-20(36-2)10-6-18/h4-15,27,33H,3,16H2,1-2H3/b22-14+. The molecular formula is C28H24F2N2O6S. The van der Waals surface area contributed by atoms with Crippen molar-refractivity contribution in [2.24, 2.45) is 4.99 Å². The Balaban J connectivity index is 1.63. The molecule has 0 unspecified atom stereocenters. The largest absolute Gasteiger partial charge is 0.504 e. The van der Waals surface area contributed by atoms with Crippen LogP contribution < -0.4 is 19.1 Å². The van der Waals surface area contributed by atoms with Crippen molar-refractivity contribution in [2.75, 3.05) is 24.4 Å². The minimum Gasteiger partial charge on any atom is -0.504 e. The number of hydrogen-bond donors (Lipinski definition) is 1. The second kappa shape index (κ2) is 12.4. The van der Waals surface area contributed by atoms with Gasteiger partial charge in [-0.2, -0.15) is 8.78 Å². The Labute approximate surface area is 227 Å². The summed E-state index contributed by atoms with van der Waals surface area (Å²) in [5.74, 6) is 0.0894. The molecule has 1 aliphatic heterocycles. The number of benzene rings is 3. The molecule has 39 heavy (non-hydrogen) atoms. The number of hydrogen-bond acceptors (Lipinski definition) is 8. The van der Waals surface area contributed by atoms with Crippen LogP contribution in [0.3, 0.4) is 0 Å². The van der Waals surface area contributed by atoms with E-state index in [2.05, 4.69) is 9.73 Å². The van der Waals surface area contributed by atoms with Gasteiger partial charge in [0.25, 0.3) is 5.91 Å². The van der Waals surface area contributed by atoms with Crippen molar-refractivity contribution in [3.05, 3.63) is 83.6 Å². The number of amides is 1. The van der Waals surface area contributed by atoms with Crippen LogP contribution in [0, 0.1) is 0 Å². The third-order valence-corrected chi connectivity index (χ3v) is 6.42. The number of anilines is 1. The van der Waals surface area contributed by atoms with E-state index in [0.717, 1.165) is 11.8 Å². The Morgan fingerprint density at radius 2 is 1.77 bits per heavy atom. The van der Waals surface area contributed by atoms with Gasteiger partial charge in [-0.05, 0) is 79.2 Å². The summed E-state index contributed by atoms with van der Waals surface area (Å²) in [6.07, 6.45) is 1.53. The van der Waals surface area contributed by atoms with Gasteiger partial charge in [0.2, 0.25) is 0 Å². The van der Waals surface area contributed by atoms with E-state index in [1.165, 1.54) is 48.4 Å². The van der Waals surface area contributed by atoms with E-state index >= 15 is 0 Å². The lowest BCUT2D eigenvalue weighted by atomic mass is 10.1. The van der Waals surface area contributed by atoms with Crippen LogP contribution in [0.4, 0.5) is 14.5 Å². The number of aliphatic imine (C=N–C) groups is 1. The fourth-order valence-electron chi connectivity index (χ4n) is 3.64. The lowest BCUT2D eigenvalue weighted by Gasteiger charge is -2.18. The van der Waals surface area contributed by atoms with Crippen LogP contribution >= 0.6 is 11.8 Å². The summed E-state index contributed by atoms with van der Waals surface area (Å²) in [6.45, 7) is -0.865. The van der Waals surface area contributed by atoms with Crippen LogP contribution in [0.1, 0.15) is 22.8 Å². The van der Waals surface area contributed by atoms with Crippen molar-refractivity contribution >= 4 is 40.4 Å². The van der Waals surface area contributed by atoms with Crippen molar-refractivity contribution in [1.82, 2.24) is 0 Å². The number of alkyl halides is 2. The highest BCUT2D eigenvalue weighted by Gasteiger charge is 2.32. The van der Waals surface area contributed by atoms with Crippen LogP contribution in [0.25, 0.3) is 6.08 Å². The molecule has 3 aromatic rings. The molecule has 0 radical (unpaired) electrons. The summed E-state index contributed by atoms with van der Waals surface area (Å²) in [7, 11) is 1.53. The number of phenolic OH excluding ortho intramolecular Hbond substituents is 1. The van der Waals surface area contributed by atoms with Gasteiger partial charge in [0, 0.05) is 5.56 Å². The monoisotopic (exact) mass is 554 g/mol. The molecule has 3 aromatic carbocycles. The summed E-state index contributed by atoms with van der Waals surface area (Å²) in [4.78, 5) is 32.0. The number of carbonyl (C=O) groups is 2. The number of aromatic hydroxyl groups is 1. The van der Waals surface area contributed by atoms with Gasteiger partial charge in [0.1, 0.15) is 17.2 Å². The minimum atomic E-state index is -2.98. The number of rotatable bonds is 10. The zero-order valence-corrected chi connectivity index (χ0v) is 21.8. The molecule has 0 bridgehead atoms. The van der Waals surface area contributed by atoms with Gasteiger partial charge < -0.3 is 19.3 Å². The van der Waals surface area contributed by atoms with Gasteiger partial charge in [-0.15, -0.1) is 0 Å². The molecule has 4 rings (SSSR count). The Morgan fingerprint density at radius 1 is 1.08 bits per heavy atom. The molecule has 202 valence electrons. The molecule has 0 aliphatic carbocycles. The molecule has 1 aliphatic rings. The molecule has 1 amide bonds. The minimum absolute atomic E-state index is 0.0114. The first kappa shape index (κ1) is 27.6. The van der Waals surface area contributed by atoms with E-state index in [0.29, 0.717) is 29.2 Å². The summed E-state index contributed by atoms with van der Waals surface area (Å²) in [5.41, 5.74) is 1.46. The van der Waals surface area contributed by atoms with E-state index in [4.69, 9.17) is 9.47 Å². The molecule has 8 nitrogen and oxygen atoms in total. The van der Waals surface area contributed by atoms with E-state index in [9.17, 15) is 23.5 Å². The number of carbonyl (C=O) groups excluding carboxylic acids is 2. The van der Waals surface area contributed by atoms with Gasteiger partial charge >= 0.3 is 6.61 Å². The predicted octanol–water partition coefficient (Wildman–Crippen LogP) is 5.76. The first-order valence-corrected chi connectivity index (χ1v) is 12.7. The second-order valence-electron chi connectivity index (χ2n) is 8.04. The van der Waals surface area contributed by atoms with Crippen molar-refractivity contribution in [1.29, 1.82) is 0 Å². The van der Waals surface area contributed by atoms with E-state index in [1.54, 1.807) is 43.3 Å². The molecule has 0 saturated heterocycles. The van der Waals surface area contributed by atoms with Gasteiger partial charge in [-0.1, -0.05) is 17.8 Å². The maximum Gasteiger partial charge on any atom is 0.387 e. The lowest BCUT2D eigenvalue weighted by molar-refractivity contribution is -0.113. The fraction of sp³-hybridized carbons (Fsp3) is 0.179. The molecule has 0 saturated carbocycles. The molecule has 0 spiro atoms. The van der Waals surface area contributed by atoms with Gasteiger partial charge in [-0.25, -0.2) is 4.99 Å². The Bertz CT molecular complexity index is 1410. The van der Waals surface area contributed by atoms with E-state index in [1.807, 2.05) is 0 Å². The summed E-state index contributed by atoms with van der Waals surface area (Å²) in [5, 5.41) is 10.2. The first-order valence-electron chi connectivity index (χ1n) is 11.7. The number of thioether (sulfide) groups is 1. The highest BCUT2D eigenvalue weighted by Crippen LogP contribution is 2.33. The molecular weight excluding hydrogens is 530 g/mol. The Kier molecular flexibility index (Phi) is 8.82. The average molecular weight is 555 g/mol. The quantitative estimate of drug-likeness (QED) is 0.251. The second-order valence-corrected chi connectivity index (χ2v) is 8.98. The van der Waals surface area contributed by atoms with Crippen molar-refractivity contribution in [2.45, 2.75) is 13.5 Å². The zero-order valence-electron chi connectivity index (χ0n) is 21.0. The molecule has 0 fully saturated rings. The Morgan fingerprint density at radius 3 is 2.41 bits per heavy atom. The smallest absolute Gasteiger partial charge is 0.387 e. The predicted molar refractivity (Wildman–Crippen MR) is 145 cm³/mol. The van der Waals surface area contributed by atoms with Crippen LogP contribution in [0.15, 0.2) is 77.4 Å². The van der Waals surface area contributed by atoms with Gasteiger partial charge in [0.05, 0.1) is 25.2 Å². The average Bonchev–Trinajstić information content (AvgIpc) is 3.24. The van der Waals surface area contributed by atoms with E-state index in [-0.39, 0.29) is 39.6 Å². The molecule has 0 aromatic heterocycles. The summed E-state index contributed by atoms with van der Waals surface area (Å²) < 4.78 is 40.1. The number of ether oxygens (including phenoxy) is 3. The van der Waals surface area contributed by atoms with Gasteiger partial charge in [0.15, 0.2) is 22.4 Å². The highest BCUT2D eigenvalue weighted by atomic mass is 32.2. The maximum atomic E-state index is 13.4. The van der Waals surface area contributed by atoms with Crippen LogP contribution in [0.2, 0.25) is 0 Å². The normalized spacial score (nSPS) is 14.1. The zero-order chi connectivity index (χ0) is 27.9. The summed E-state index contributed by atoms with van der Waals surface area (Å²) in [6, 6.07) is 16.8. The van der Waals surface area contributed by atoms with Crippen molar-refractivity contribution in [3.8, 4) is 23.0 Å². The molecule has 1 heterocycles. The number of nitrogens with zero attached hydrogens (tertiary/aromatic N) is 2. The fourth-order valence-corrected chi connectivity index (χ4v) is 4.54. The number of phenols is 1. The van der Waals surface area contributed by atoms with Crippen molar-refractivity contribution < 1.29 is 37.7 Å². The topological polar surface area (TPSA) is 97.7 Å². The number of halogens is 2. The van der Waals surface area contributed by atoms with Crippen LogP contribution in [-0.2, 0) is 4.79 Å². The first-order chi connectivity index (χ1) is 18.8. The third-order valence-electron chi connectivity index (χ3n) is 5.48. The number of Topliss-reactive ketones (excluding diaryl/α,β-unsaturated/α-hetero) is 1. The van der Waals surface area contributed by atoms with E-state index < -0.39 is 12.5 Å². The lowest BCUT2D eigenvalue weighted by Crippen LogP contribution is -2.30. The Hall–Kier alpha value is -4.38. The number of ketones is 1.